The number of rotatable bonds is 4. The van der Waals surface area contributed by atoms with E-state index in [0.29, 0.717) is 5.25 Å². The van der Waals surface area contributed by atoms with Crippen LogP contribution < -0.4 is 5.73 Å². The Hall–Kier alpha value is -0.580. The minimum Gasteiger partial charge on any atom is -0.381 e. The average Bonchev–Trinajstić information content (AvgIpc) is 2.38. The molecule has 1 aliphatic rings. The van der Waals surface area contributed by atoms with Gasteiger partial charge in [-0.1, -0.05) is 12.1 Å². The second-order valence-corrected chi connectivity index (χ2v) is 6.23. The van der Waals surface area contributed by atoms with E-state index in [1.807, 2.05) is 30.8 Å². The average molecular weight is 269 g/mol. The Morgan fingerprint density at radius 1 is 1.28 bits per heavy atom. The van der Waals surface area contributed by atoms with Crippen molar-refractivity contribution in [1.29, 1.82) is 0 Å². The van der Waals surface area contributed by atoms with Gasteiger partial charge >= 0.3 is 0 Å². The number of thioether (sulfide) groups is 1. The fourth-order valence-corrected chi connectivity index (χ4v) is 3.62. The smallest absolute Gasteiger partial charge is 0.123 e. The largest absolute Gasteiger partial charge is 0.381 e. The van der Waals surface area contributed by atoms with Crippen LogP contribution in [-0.2, 0) is 4.74 Å². The van der Waals surface area contributed by atoms with Gasteiger partial charge in [0.2, 0.25) is 0 Å². The van der Waals surface area contributed by atoms with Gasteiger partial charge in [-0.25, -0.2) is 4.39 Å². The molecule has 2 atom stereocenters. The molecule has 1 aromatic carbocycles. The first kappa shape index (κ1) is 13.8. The fraction of sp³-hybridized carbons (Fsp3) is 0.571. The molecule has 1 heterocycles. The van der Waals surface area contributed by atoms with Crippen molar-refractivity contribution in [1.82, 2.24) is 0 Å². The van der Waals surface area contributed by atoms with Crippen molar-refractivity contribution in [2.24, 2.45) is 5.73 Å². The van der Waals surface area contributed by atoms with Crippen molar-refractivity contribution < 1.29 is 9.13 Å². The number of halogens is 1. The number of hydrogen-bond acceptors (Lipinski definition) is 3. The number of hydrogen-bond donors (Lipinski definition) is 1. The van der Waals surface area contributed by atoms with Crippen LogP contribution >= 0.6 is 11.8 Å². The Morgan fingerprint density at radius 2 is 1.89 bits per heavy atom. The van der Waals surface area contributed by atoms with E-state index in [-0.39, 0.29) is 17.1 Å². The molecule has 0 aromatic heterocycles. The summed E-state index contributed by atoms with van der Waals surface area (Å²) in [6, 6.07) is 6.76. The summed E-state index contributed by atoms with van der Waals surface area (Å²) in [4.78, 5) is 0. The van der Waals surface area contributed by atoms with Gasteiger partial charge in [0.15, 0.2) is 0 Å². The fourth-order valence-electron chi connectivity index (χ4n) is 2.18. The van der Waals surface area contributed by atoms with Gasteiger partial charge in [-0.3, -0.25) is 0 Å². The van der Waals surface area contributed by atoms with Gasteiger partial charge in [0.25, 0.3) is 0 Å². The Morgan fingerprint density at radius 3 is 2.44 bits per heavy atom. The van der Waals surface area contributed by atoms with E-state index in [1.54, 1.807) is 0 Å². The third-order valence-electron chi connectivity index (χ3n) is 3.18. The lowest BCUT2D eigenvalue weighted by molar-refractivity contribution is 0.0999. The maximum atomic E-state index is 13.0. The van der Waals surface area contributed by atoms with Crippen LogP contribution in [0.2, 0.25) is 0 Å². The maximum absolute atomic E-state index is 13.0. The Bertz CT molecular complexity index is 363. The van der Waals surface area contributed by atoms with E-state index < -0.39 is 0 Å². The highest BCUT2D eigenvalue weighted by molar-refractivity contribution is 8.00. The normalized spacial score (nSPS) is 20.6. The second kappa shape index (κ2) is 6.55. The highest BCUT2D eigenvalue weighted by atomic mass is 32.2. The molecular weight excluding hydrogens is 249 g/mol. The van der Waals surface area contributed by atoms with E-state index >= 15 is 0 Å². The Kier molecular flexibility index (Phi) is 5.03. The van der Waals surface area contributed by atoms with Crippen molar-refractivity contribution in [3.05, 3.63) is 35.6 Å². The maximum Gasteiger partial charge on any atom is 0.123 e. The summed E-state index contributed by atoms with van der Waals surface area (Å²) in [6.07, 6.45) is 2.16. The molecule has 4 heteroatoms. The van der Waals surface area contributed by atoms with Crippen LogP contribution in [0.3, 0.4) is 0 Å². The van der Waals surface area contributed by atoms with Crippen molar-refractivity contribution in [2.75, 3.05) is 13.2 Å². The lowest BCUT2D eigenvalue weighted by Crippen LogP contribution is -2.26. The topological polar surface area (TPSA) is 35.2 Å². The van der Waals surface area contributed by atoms with Gasteiger partial charge in [-0.2, -0.15) is 0 Å². The minimum absolute atomic E-state index is 0.0586. The molecule has 0 aliphatic carbocycles. The molecule has 0 saturated carbocycles. The molecule has 0 bridgehead atoms. The lowest BCUT2D eigenvalue weighted by Gasteiger charge is -2.28. The molecule has 1 saturated heterocycles. The van der Waals surface area contributed by atoms with Gasteiger partial charge in [-0.15, -0.1) is 11.8 Å². The summed E-state index contributed by atoms with van der Waals surface area (Å²) in [7, 11) is 0. The molecule has 2 rings (SSSR count). The molecule has 1 aromatic rings. The summed E-state index contributed by atoms with van der Waals surface area (Å²) in [5, 5.41) is 0.827. The molecule has 2 nitrogen and oxygen atoms in total. The van der Waals surface area contributed by atoms with Gasteiger partial charge in [-0.05, 0) is 37.5 Å². The van der Waals surface area contributed by atoms with Crippen molar-refractivity contribution in [3.63, 3.8) is 0 Å². The number of ether oxygens (including phenoxy) is 1. The molecule has 1 aliphatic heterocycles. The lowest BCUT2D eigenvalue weighted by atomic mass is 10.1. The predicted molar refractivity (Wildman–Crippen MR) is 74.2 cm³/mol. The summed E-state index contributed by atoms with van der Waals surface area (Å²) in [6.45, 7) is 3.69. The zero-order valence-electron chi connectivity index (χ0n) is 10.6. The first-order chi connectivity index (χ1) is 8.66. The zero-order chi connectivity index (χ0) is 13.0. The zero-order valence-corrected chi connectivity index (χ0v) is 11.5. The monoisotopic (exact) mass is 269 g/mol. The van der Waals surface area contributed by atoms with Crippen molar-refractivity contribution in [2.45, 2.75) is 36.3 Å². The number of benzene rings is 1. The molecule has 1 fully saturated rings. The van der Waals surface area contributed by atoms with Gasteiger partial charge in [0.1, 0.15) is 5.82 Å². The minimum atomic E-state index is -0.196. The molecule has 100 valence electrons. The quantitative estimate of drug-likeness (QED) is 0.912. The second-order valence-electron chi connectivity index (χ2n) is 4.78. The molecule has 0 amide bonds. The summed E-state index contributed by atoms with van der Waals surface area (Å²) < 4.78 is 18.3. The van der Waals surface area contributed by atoms with Crippen LogP contribution in [0, 0.1) is 5.82 Å². The molecule has 18 heavy (non-hydrogen) atoms. The van der Waals surface area contributed by atoms with Crippen molar-refractivity contribution >= 4 is 11.8 Å². The summed E-state index contributed by atoms with van der Waals surface area (Å²) in [5.41, 5.74) is 7.19. The van der Waals surface area contributed by atoms with E-state index in [2.05, 4.69) is 0 Å². The van der Waals surface area contributed by atoms with E-state index in [1.165, 1.54) is 12.1 Å². The third kappa shape index (κ3) is 3.70. The standard InChI is InChI=1S/C14H20FNOS/c1-10(16)14(11-2-4-12(15)5-3-11)18-13-6-8-17-9-7-13/h2-5,10,13-14H,6-9,16H2,1H3. The van der Waals surface area contributed by atoms with Crippen LogP contribution in [0.1, 0.15) is 30.6 Å². The first-order valence-electron chi connectivity index (χ1n) is 6.41. The SMILES string of the molecule is CC(N)C(SC1CCOCC1)c1ccc(F)cc1. The van der Waals surface area contributed by atoms with Crippen molar-refractivity contribution in [3.8, 4) is 0 Å². The summed E-state index contributed by atoms with van der Waals surface area (Å²) in [5.74, 6) is -0.196. The Balaban J connectivity index is 2.05. The van der Waals surface area contributed by atoms with Crippen LogP contribution in [-0.4, -0.2) is 24.5 Å². The highest BCUT2D eigenvalue weighted by Gasteiger charge is 2.23. The van der Waals surface area contributed by atoms with Gasteiger partial charge in [0, 0.05) is 29.8 Å². The van der Waals surface area contributed by atoms with E-state index in [0.717, 1.165) is 31.6 Å². The van der Waals surface area contributed by atoms with Crippen LogP contribution in [0.15, 0.2) is 24.3 Å². The van der Waals surface area contributed by atoms with E-state index in [4.69, 9.17) is 10.5 Å². The predicted octanol–water partition coefficient (Wildman–Crippen LogP) is 3.13. The summed E-state index contributed by atoms with van der Waals surface area (Å²) >= 11 is 1.91. The van der Waals surface area contributed by atoms with Crippen LogP contribution in [0.4, 0.5) is 4.39 Å². The van der Waals surface area contributed by atoms with Crippen LogP contribution in [0.5, 0.6) is 0 Å². The molecular formula is C14H20FNOS. The molecule has 0 radical (unpaired) electrons. The van der Waals surface area contributed by atoms with Gasteiger partial charge < -0.3 is 10.5 Å². The first-order valence-corrected chi connectivity index (χ1v) is 7.35. The van der Waals surface area contributed by atoms with Crippen LogP contribution in [0.25, 0.3) is 0 Å². The molecule has 2 N–H and O–H groups in total. The third-order valence-corrected chi connectivity index (χ3v) is 5.03. The number of nitrogens with two attached hydrogens (primary N) is 1. The molecule has 2 unspecified atom stereocenters. The van der Waals surface area contributed by atoms with Gasteiger partial charge in [0.05, 0.1) is 0 Å². The highest BCUT2D eigenvalue weighted by Crippen LogP contribution is 2.37. The van der Waals surface area contributed by atoms with E-state index in [9.17, 15) is 4.39 Å². The Labute approximate surface area is 112 Å². The molecule has 0 spiro atoms.